The number of para-hydroxylation sites is 1. The van der Waals surface area contributed by atoms with Crippen LogP contribution in [0.4, 0.5) is 5.69 Å². The quantitative estimate of drug-likeness (QED) is 0.595. The van der Waals surface area contributed by atoms with Crippen molar-refractivity contribution in [2.75, 3.05) is 38.6 Å². The molecule has 0 bridgehead atoms. The molecule has 1 aliphatic heterocycles. The number of nitrogens with one attached hydrogen (secondary N) is 2. The number of nitrogens with zero attached hydrogens (tertiary/aromatic N) is 2. The van der Waals surface area contributed by atoms with E-state index in [-0.39, 0.29) is 24.3 Å². The molecule has 1 fully saturated rings. The average molecular weight is 433 g/mol. The lowest BCUT2D eigenvalue weighted by Crippen LogP contribution is -2.41. The standard InChI is InChI=1S/C26H32N4O2/c1-29(2)20-13-11-19(12-14-20)22(23-17-27-24-9-6-5-8-21(23)24)16-28-25(31)18-30-15-7-3-4-10-26(30)32/h5-6,8-9,11-14,17,22,27H,3-4,7,10,15-16,18H2,1-2H3,(H,28,31)/t22-/m0/s1. The summed E-state index contributed by atoms with van der Waals surface area (Å²) >= 11 is 0. The largest absolute Gasteiger partial charge is 0.378 e. The molecule has 3 aromatic rings. The van der Waals surface area contributed by atoms with Gasteiger partial charge in [-0.05, 0) is 42.2 Å². The summed E-state index contributed by atoms with van der Waals surface area (Å²) in [5, 5.41) is 4.26. The molecule has 2 aromatic carbocycles. The van der Waals surface area contributed by atoms with E-state index in [0.717, 1.165) is 47.0 Å². The van der Waals surface area contributed by atoms with Gasteiger partial charge in [-0.25, -0.2) is 0 Å². The number of aromatic nitrogens is 1. The number of benzene rings is 2. The van der Waals surface area contributed by atoms with Gasteiger partial charge in [0.15, 0.2) is 0 Å². The van der Waals surface area contributed by atoms with E-state index in [1.165, 1.54) is 0 Å². The van der Waals surface area contributed by atoms with Crippen molar-refractivity contribution >= 4 is 28.4 Å². The molecule has 0 radical (unpaired) electrons. The molecular formula is C26H32N4O2. The fourth-order valence-corrected chi connectivity index (χ4v) is 4.45. The molecule has 0 saturated carbocycles. The van der Waals surface area contributed by atoms with Gasteiger partial charge < -0.3 is 20.1 Å². The minimum absolute atomic E-state index is 0.00569. The third-order valence-electron chi connectivity index (χ3n) is 6.32. The molecule has 6 nitrogen and oxygen atoms in total. The zero-order valence-electron chi connectivity index (χ0n) is 18.9. The summed E-state index contributed by atoms with van der Waals surface area (Å²) in [5.74, 6) is -0.00810. The number of aromatic amines is 1. The smallest absolute Gasteiger partial charge is 0.239 e. The van der Waals surface area contributed by atoms with Crippen LogP contribution in [0.1, 0.15) is 42.7 Å². The summed E-state index contributed by atoms with van der Waals surface area (Å²) < 4.78 is 0. The van der Waals surface area contributed by atoms with Gasteiger partial charge in [-0.3, -0.25) is 9.59 Å². The second-order valence-corrected chi connectivity index (χ2v) is 8.76. The van der Waals surface area contributed by atoms with E-state index < -0.39 is 0 Å². The molecule has 4 rings (SSSR count). The van der Waals surface area contributed by atoms with Gasteiger partial charge in [0, 0.05) is 62.3 Å². The Morgan fingerprint density at radius 2 is 1.88 bits per heavy atom. The van der Waals surface area contributed by atoms with Crippen LogP contribution in [0.25, 0.3) is 10.9 Å². The van der Waals surface area contributed by atoms with Crippen molar-refractivity contribution in [3.63, 3.8) is 0 Å². The summed E-state index contributed by atoms with van der Waals surface area (Å²) in [6.45, 7) is 1.28. The number of H-pyrrole nitrogens is 1. The average Bonchev–Trinajstić information content (AvgIpc) is 3.12. The van der Waals surface area contributed by atoms with Gasteiger partial charge in [-0.15, -0.1) is 0 Å². The molecule has 0 unspecified atom stereocenters. The van der Waals surface area contributed by atoms with Gasteiger partial charge in [-0.2, -0.15) is 0 Å². The van der Waals surface area contributed by atoms with E-state index in [1.807, 2.05) is 32.4 Å². The predicted octanol–water partition coefficient (Wildman–Crippen LogP) is 3.88. The molecular weight excluding hydrogens is 400 g/mol. The summed E-state index contributed by atoms with van der Waals surface area (Å²) in [5.41, 5.74) is 4.52. The fourth-order valence-electron chi connectivity index (χ4n) is 4.45. The van der Waals surface area contributed by atoms with E-state index in [4.69, 9.17) is 0 Å². The van der Waals surface area contributed by atoms with Crippen LogP contribution >= 0.6 is 0 Å². The first-order valence-electron chi connectivity index (χ1n) is 11.4. The normalized spacial score (nSPS) is 15.4. The SMILES string of the molecule is CN(C)c1ccc([C@H](CNC(=O)CN2CCCCCC2=O)c2c[nH]c3ccccc23)cc1. The maximum atomic E-state index is 12.8. The molecule has 1 aromatic heterocycles. The van der Waals surface area contributed by atoms with Gasteiger partial charge in [0.25, 0.3) is 0 Å². The minimum Gasteiger partial charge on any atom is -0.378 e. The molecule has 168 valence electrons. The number of carbonyl (C=O) groups is 2. The van der Waals surface area contributed by atoms with Crippen LogP contribution in [-0.4, -0.2) is 55.4 Å². The predicted molar refractivity (Wildman–Crippen MR) is 129 cm³/mol. The summed E-state index contributed by atoms with van der Waals surface area (Å²) in [6, 6.07) is 16.7. The number of likely N-dealkylation sites (tertiary alicyclic amines) is 1. The Bertz CT molecular complexity index is 1070. The molecule has 1 aliphatic rings. The fraction of sp³-hybridized carbons (Fsp3) is 0.385. The molecule has 0 spiro atoms. The Labute approximate surface area is 189 Å². The minimum atomic E-state index is -0.102. The lowest BCUT2D eigenvalue weighted by Gasteiger charge is -2.22. The van der Waals surface area contributed by atoms with Crippen molar-refractivity contribution in [2.45, 2.75) is 31.6 Å². The van der Waals surface area contributed by atoms with Gasteiger partial charge in [-0.1, -0.05) is 36.8 Å². The maximum absolute atomic E-state index is 12.8. The van der Waals surface area contributed by atoms with Gasteiger partial charge in [0.2, 0.25) is 11.8 Å². The van der Waals surface area contributed by atoms with E-state index in [0.29, 0.717) is 19.5 Å². The zero-order chi connectivity index (χ0) is 22.5. The lowest BCUT2D eigenvalue weighted by molar-refractivity contribution is -0.135. The summed E-state index contributed by atoms with van der Waals surface area (Å²) in [4.78, 5) is 32.2. The monoisotopic (exact) mass is 432 g/mol. The zero-order valence-corrected chi connectivity index (χ0v) is 18.9. The Morgan fingerprint density at radius 1 is 1.09 bits per heavy atom. The number of hydrogen-bond acceptors (Lipinski definition) is 3. The number of rotatable bonds is 7. The Hall–Kier alpha value is -3.28. The highest BCUT2D eigenvalue weighted by Gasteiger charge is 2.22. The van der Waals surface area contributed by atoms with Crippen LogP contribution in [-0.2, 0) is 9.59 Å². The van der Waals surface area contributed by atoms with E-state index in [9.17, 15) is 9.59 Å². The topological polar surface area (TPSA) is 68.4 Å². The molecule has 1 atom stereocenters. The Balaban J connectivity index is 1.54. The second-order valence-electron chi connectivity index (χ2n) is 8.76. The van der Waals surface area contributed by atoms with Crippen molar-refractivity contribution in [1.29, 1.82) is 0 Å². The van der Waals surface area contributed by atoms with Crippen LogP contribution in [0.3, 0.4) is 0 Å². The van der Waals surface area contributed by atoms with Gasteiger partial charge in [0.1, 0.15) is 0 Å². The van der Waals surface area contributed by atoms with Gasteiger partial charge >= 0.3 is 0 Å². The number of amides is 2. The van der Waals surface area contributed by atoms with Crippen molar-refractivity contribution in [1.82, 2.24) is 15.2 Å². The van der Waals surface area contributed by atoms with Crippen LogP contribution in [0.15, 0.2) is 54.7 Å². The van der Waals surface area contributed by atoms with Crippen LogP contribution in [0.2, 0.25) is 0 Å². The van der Waals surface area contributed by atoms with Crippen LogP contribution in [0.5, 0.6) is 0 Å². The number of fused-ring (bicyclic) bond motifs is 1. The molecule has 6 heteroatoms. The van der Waals surface area contributed by atoms with Gasteiger partial charge in [0.05, 0.1) is 6.54 Å². The number of anilines is 1. The molecule has 32 heavy (non-hydrogen) atoms. The third kappa shape index (κ3) is 4.96. The van der Waals surface area contributed by atoms with E-state index in [2.05, 4.69) is 51.6 Å². The van der Waals surface area contributed by atoms with E-state index in [1.54, 1.807) is 4.90 Å². The molecule has 2 heterocycles. The van der Waals surface area contributed by atoms with Crippen molar-refractivity contribution in [3.05, 3.63) is 65.9 Å². The molecule has 0 aliphatic carbocycles. The maximum Gasteiger partial charge on any atom is 0.239 e. The third-order valence-corrected chi connectivity index (χ3v) is 6.32. The van der Waals surface area contributed by atoms with Crippen LogP contribution < -0.4 is 10.2 Å². The molecule has 2 N–H and O–H groups in total. The number of hydrogen-bond donors (Lipinski definition) is 2. The second kappa shape index (κ2) is 9.90. The highest BCUT2D eigenvalue weighted by Crippen LogP contribution is 2.31. The highest BCUT2D eigenvalue weighted by atomic mass is 16.2. The summed E-state index contributed by atoms with van der Waals surface area (Å²) in [6.07, 6.45) is 5.52. The Kier molecular flexibility index (Phi) is 6.78. The number of carbonyl (C=O) groups excluding carboxylic acids is 2. The van der Waals surface area contributed by atoms with Crippen LogP contribution in [0, 0.1) is 0 Å². The first-order chi connectivity index (χ1) is 15.5. The van der Waals surface area contributed by atoms with E-state index >= 15 is 0 Å². The Morgan fingerprint density at radius 3 is 2.66 bits per heavy atom. The van der Waals surface area contributed by atoms with Crippen molar-refractivity contribution in [3.8, 4) is 0 Å². The molecule has 2 amide bonds. The highest BCUT2D eigenvalue weighted by molar-refractivity contribution is 5.86. The summed E-state index contributed by atoms with van der Waals surface area (Å²) in [7, 11) is 4.05. The van der Waals surface area contributed by atoms with Crippen molar-refractivity contribution < 1.29 is 9.59 Å². The van der Waals surface area contributed by atoms with Crippen molar-refractivity contribution in [2.24, 2.45) is 0 Å². The lowest BCUT2D eigenvalue weighted by atomic mass is 9.90. The first kappa shape index (κ1) is 21.9. The first-order valence-corrected chi connectivity index (χ1v) is 11.4. The molecule has 1 saturated heterocycles.